The lowest BCUT2D eigenvalue weighted by atomic mass is 10.1. The zero-order valence-corrected chi connectivity index (χ0v) is 28.2. The average molecular weight is 669 g/mol. The summed E-state index contributed by atoms with van der Waals surface area (Å²) in [5, 5.41) is 7.49. The standard InChI is InChI=1S/C46H28N4S/c1-4-14-29(15-5-1)38-26-45(48-46(47-38)30-16-6-2-7-17-30)50-39-22-12-10-20-32(39)34-24-35-36-25-37-33-21-11-13-23-43(33)51-44(37)28-42(36)49(40(35)27-41(34)50)31-18-8-3-9-19-31/h1-28H. The Hall–Kier alpha value is -6.56. The number of thiophene rings is 1. The number of nitrogens with zero attached hydrogens (tertiary/aromatic N) is 4. The highest BCUT2D eigenvalue weighted by atomic mass is 32.1. The Balaban J connectivity index is 1.27. The van der Waals surface area contributed by atoms with Gasteiger partial charge in [-0.05, 0) is 48.5 Å². The van der Waals surface area contributed by atoms with Gasteiger partial charge in [0.2, 0.25) is 0 Å². The minimum Gasteiger partial charge on any atom is -0.309 e. The second-order valence-corrected chi connectivity index (χ2v) is 14.1. The summed E-state index contributed by atoms with van der Waals surface area (Å²) in [5.74, 6) is 1.53. The SMILES string of the molecule is c1ccc(-c2cc(-n3c4ccccc4c4cc5c6cc7c(cc6n(-c6ccccc6)c5cc43)sc3ccccc37)nc(-c3ccccc3)n2)cc1. The van der Waals surface area contributed by atoms with Crippen LogP contribution in [0.2, 0.25) is 0 Å². The average Bonchev–Trinajstić information content (AvgIpc) is 3.83. The van der Waals surface area contributed by atoms with E-state index in [-0.39, 0.29) is 0 Å². The maximum Gasteiger partial charge on any atom is 0.162 e. The maximum absolute atomic E-state index is 5.28. The van der Waals surface area contributed by atoms with Crippen LogP contribution in [0, 0.1) is 0 Å². The van der Waals surface area contributed by atoms with Gasteiger partial charge in [-0.1, -0.05) is 115 Å². The molecule has 0 amide bonds. The number of fused-ring (bicyclic) bond motifs is 9. The fourth-order valence-electron chi connectivity index (χ4n) is 7.82. The summed E-state index contributed by atoms with van der Waals surface area (Å²) in [6, 6.07) is 60.6. The minimum absolute atomic E-state index is 0.699. The Morgan fingerprint density at radius 3 is 1.75 bits per heavy atom. The molecule has 0 saturated heterocycles. The van der Waals surface area contributed by atoms with E-state index >= 15 is 0 Å². The van der Waals surface area contributed by atoms with Crippen molar-refractivity contribution in [1.82, 2.24) is 19.1 Å². The number of hydrogen-bond acceptors (Lipinski definition) is 3. The zero-order chi connectivity index (χ0) is 33.5. The molecule has 0 unspecified atom stereocenters. The molecule has 11 aromatic rings. The quantitative estimate of drug-likeness (QED) is 0.187. The van der Waals surface area contributed by atoms with Gasteiger partial charge < -0.3 is 4.57 Å². The first-order valence-corrected chi connectivity index (χ1v) is 18.0. The molecule has 5 heteroatoms. The Bertz CT molecular complexity index is 3060. The zero-order valence-electron chi connectivity index (χ0n) is 27.4. The molecule has 51 heavy (non-hydrogen) atoms. The van der Waals surface area contributed by atoms with Gasteiger partial charge in [0.15, 0.2) is 5.82 Å². The molecule has 0 atom stereocenters. The fraction of sp³-hybridized carbons (Fsp3) is 0. The van der Waals surface area contributed by atoms with E-state index in [0.29, 0.717) is 5.82 Å². The lowest BCUT2D eigenvalue weighted by Crippen LogP contribution is -2.02. The smallest absolute Gasteiger partial charge is 0.162 e. The summed E-state index contributed by atoms with van der Waals surface area (Å²) in [6.07, 6.45) is 0. The molecule has 0 aliphatic rings. The third-order valence-electron chi connectivity index (χ3n) is 10.1. The van der Waals surface area contributed by atoms with Crippen molar-refractivity contribution < 1.29 is 0 Å². The molecule has 0 spiro atoms. The highest BCUT2D eigenvalue weighted by Gasteiger charge is 2.21. The molecular formula is C46H28N4S. The molecule has 238 valence electrons. The van der Waals surface area contributed by atoms with Gasteiger partial charge in [0.25, 0.3) is 0 Å². The Morgan fingerprint density at radius 1 is 0.373 bits per heavy atom. The van der Waals surface area contributed by atoms with E-state index in [0.717, 1.165) is 44.9 Å². The number of rotatable bonds is 4. The van der Waals surface area contributed by atoms with Gasteiger partial charge in [0.1, 0.15) is 5.82 Å². The van der Waals surface area contributed by atoms with Gasteiger partial charge in [-0.2, -0.15) is 0 Å². The van der Waals surface area contributed by atoms with Crippen molar-refractivity contribution in [3.05, 3.63) is 170 Å². The first-order valence-electron chi connectivity index (χ1n) is 17.2. The largest absolute Gasteiger partial charge is 0.309 e. The summed E-state index contributed by atoms with van der Waals surface area (Å²) in [5.41, 5.74) is 8.65. The van der Waals surface area contributed by atoms with E-state index in [1.165, 1.54) is 47.2 Å². The van der Waals surface area contributed by atoms with Crippen LogP contribution in [-0.2, 0) is 0 Å². The number of hydrogen-bond donors (Lipinski definition) is 0. The van der Waals surface area contributed by atoms with E-state index in [9.17, 15) is 0 Å². The topological polar surface area (TPSA) is 35.6 Å². The van der Waals surface area contributed by atoms with Gasteiger partial charge in [-0.25, -0.2) is 9.97 Å². The van der Waals surface area contributed by atoms with Crippen LogP contribution in [0.4, 0.5) is 0 Å². The van der Waals surface area contributed by atoms with Crippen molar-refractivity contribution in [3.63, 3.8) is 0 Å². The second-order valence-electron chi connectivity index (χ2n) is 13.0. The van der Waals surface area contributed by atoms with E-state index < -0.39 is 0 Å². The molecular weight excluding hydrogens is 641 g/mol. The molecule has 7 aromatic carbocycles. The summed E-state index contributed by atoms with van der Waals surface area (Å²) in [6.45, 7) is 0. The van der Waals surface area contributed by atoms with Crippen molar-refractivity contribution in [2.75, 3.05) is 0 Å². The first kappa shape index (κ1) is 28.3. The summed E-state index contributed by atoms with van der Waals surface area (Å²) < 4.78 is 7.37. The van der Waals surface area contributed by atoms with E-state index in [4.69, 9.17) is 9.97 Å². The molecule has 4 nitrogen and oxygen atoms in total. The van der Waals surface area contributed by atoms with Crippen LogP contribution >= 0.6 is 11.3 Å². The van der Waals surface area contributed by atoms with Gasteiger partial charge in [0.05, 0.1) is 27.8 Å². The minimum atomic E-state index is 0.699. The lowest BCUT2D eigenvalue weighted by molar-refractivity contribution is 1.05. The summed E-state index contributed by atoms with van der Waals surface area (Å²) in [4.78, 5) is 10.4. The highest BCUT2D eigenvalue weighted by molar-refractivity contribution is 7.25. The van der Waals surface area contributed by atoms with Crippen molar-refractivity contribution in [3.8, 4) is 34.2 Å². The molecule has 0 N–H and O–H groups in total. The molecule has 4 aromatic heterocycles. The van der Waals surface area contributed by atoms with Crippen LogP contribution in [0.5, 0.6) is 0 Å². The monoisotopic (exact) mass is 668 g/mol. The van der Waals surface area contributed by atoms with Crippen LogP contribution in [0.25, 0.3) is 97.9 Å². The van der Waals surface area contributed by atoms with Gasteiger partial charge in [0, 0.05) is 64.6 Å². The third-order valence-corrected chi connectivity index (χ3v) is 11.2. The Labute approximate surface area is 297 Å². The van der Waals surface area contributed by atoms with Crippen LogP contribution in [0.1, 0.15) is 0 Å². The summed E-state index contributed by atoms with van der Waals surface area (Å²) >= 11 is 1.86. The first-order chi connectivity index (χ1) is 25.3. The molecule has 11 rings (SSSR count). The molecule has 0 fully saturated rings. The molecule has 0 saturated carbocycles. The maximum atomic E-state index is 5.28. The lowest BCUT2D eigenvalue weighted by Gasteiger charge is -2.12. The van der Waals surface area contributed by atoms with E-state index in [1.807, 2.05) is 35.6 Å². The van der Waals surface area contributed by atoms with E-state index in [1.54, 1.807) is 0 Å². The Kier molecular flexibility index (Phi) is 6.09. The van der Waals surface area contributed by atoms with Crippen molar-refractivity contribution in [2.24, 2.45) is 0 Å². The van der Waals surface area contributed by atoms with Crippen LogP contribution in [-0.4, -0.2) is 19.1 Å². The number of aromatic nitrogens is 4. The number of benzene rings is 7. The molecule has 0 bridgehead atoms. The van der Waals surface area contributed by atoms with Crippen molar-refractivity contribution in [2.45, 2.75) is 0 Å². The van der Waals surface area contributed by atoms with Gasteiger partial charge in [-0.3, -0.25) is 4.57 Å². The Morgan fingerprint density at radius 2 is 0.961 bits per heavy atom. The van der Waals surface area contributed by atoms with Crippen LogP contribution < -0.4 is 0 Å². The molecule has 0 aliphatic carbocycles. The van der Waals surface area contributed by atoms with Crippen molar-refractivity contribution >= 4 is 75.1 Å². The van der Waals surface area contributed by atoms with E-state index in [2.05, 4.69) is 155 Å². The van der Waals surface area contributed by atoms with Gasteiger partial charge in [-0.15, -0.1) is 11.3 Å². The summed E-state index contributed by atoms with van der Waals surface area (Å²) in [7, 11) is 0. The van der Waals surface area contributed by atoms with Gasteiger partial charge >= 0.3 is 0 Å². The predicted octanol–water partition coefficient (Wildman–Crippen LogP) is 12.4. The molecule has 0 aliphatic heterocycles. The molecule has 4 heterocycles. The number of para-hydroxylation sites is 2. The van der Waals surface area contributed by atoms with Crippen LogP contribution in [0.3, 0.4) is 0 Å². The van der Waals surface area contributed by atoms with Crippen LogP contribution in [0.15, 0.2) is 170 Å². The predicted molar refractivity (Wildman–Crippen MR) is 214 cm³/mol. The van der Waals surface area contributed by atoms with Crippen molar-refractivity contribution in [1.29, 1.82) is 0 Å². The normalized spacial score (nSPS) is 11.9. The third kappa shape index (κ3) is 4.32. The molecule has 0 radical (unpaired) electrons. The fourth-order valence-corrected chi connectivity index (χ4v) is 8.94. The highest BCUT2D eigenvalue weighted by Crippen LogP contribution is 2.43. The second kappa shape index (κ2) is 11.0.